The zero-order valence-electron chi connectivity index (χ0n) is 15.1. The fourth-order valence-electron chi connectivity index (χ4n) is 2.58. The lowest BCUT2D eigenvalue weighted by molar-refractivity contribution is 0.395. The molecule has 6 heteroatoms. The molecule has 0 spiro atoms. The molecule has 0 aliphatic carbocycles. The first-order chi connectivity index (χ1) is 12.7. The van der Waals surface area contributed by atoms with Crippen molar-refractivity contribution < 1.29 is 9.47 Å². The second kappa shape index (κ2) is 8.20. The van der Waals surface area contributed by atoms with Crippen molar-refractivity contribution in [3.63, 3.8) is 0 Å². The lowest BCUT2D eigenvalue weighted by Gasteiger charge is -2.13. The van der Waals surface area contributed by atoms with Crippen LogP contribution in [0.4, 0.5) is 17.3 Å². The smallest absolute Gasteiger partial charge is 0.146 e. The largest absolute Gasteiger partial charge is 0.497 e. The summed E-state index contributed by atoms with van der Waals surface area (Å²) in [4.78, 5) is 8.55. The number of aromatic nitrogens is 2. The van der Waals surface area contributed by atoms with E-state index in [0.29, 0.717) is 18.1 Å². The Morgan fingerprint density at radius 3 is 2.54 bits per heavy atom. The zero-order chi connectivity index (χ0) is 18.4. The monoisotopic (exact) mass is 350 g/mol. The number of rotatable bonds is 7. The average molecular weight is 350 g/mol. The van der Waals surface area contributed by atoms with Gasteiger partial charge in [-0.2, -0.15) is 0 Å². The van der Waals surface area contributed by atoms with Gasteiger partial charge in [-0.15, -0.1) is 0 Å². The molecule has 3 aromatic rings. The third-order valence-electron chi connectivity index (χ3n) is 3.89. The third-order valence-corrected chi connectivity index (χ3v) is 3.89. The molecule has 0 saturated heterocycles. The Morgan fingerprint density at radius 1 is 0.923 bits per heavy atom. The van der Waals surface area contributed by atoms with Crippen LogP contribution in [0.1, 0.15) is 11.1 Å². The number of ether oxygens (including phenoxy) is 2. The maximum absolute atomic E-state index is 5.41. The zero-order valence-corrected chi connectivity index (χ0v) is 15.1. The van der Waals surface area contributed by atoms with Gasteiger partial charge in [0.05, 0.1) is 19.9 Å². The summed E-state index contributed by atoms with van der Waals surface area (Å²) in [5.74, 6) is 2.83. The first kappa shape index (κ1) is 17.5. The van der Waals surface area contributed by atoms with Gasteiger partial charge in [0.15, 0.2) is 0 Å². The van der Waals surface area contributed by atoms with Crippen LogP contribution in [-0.4, -0.2) is 24.2 Å². The molecular weight excluding hydrogens is 328 g/mol. The number of nitrogens with one attached hydrogen (secondary N) is 2. The first-order valence-electron chi connectivity index (χ1n) is 8.28. The number of benzene rings is 2. The highest BCUT2D eigenvalue weighted by atomic mass is 16.5. The van der Waals surface area contributed by atoms with Crippen molar-refractivity contribution in [2.45, 2.75) is 13.5 Å². The summed E-state index contributed by atoms with van der Waals surface area (Å²) >= 11 is 0. The minimum atomic E-state index is 0.676. The SMILES string of the molecule is COc1ccc(Nc2cc(NCc3cccc(C)c3)ncn2)c(OC)c1. The van der Waals surface area contributed by atoms with Crippen LogP contribution >= 0.6 is 0 Å². The Balaban J connectivity index is 1.71. The van der Waals surface area contributed by atoms with Crippen molar-refractivity contribution in [3.8, 4) is 11.5 Å². The van der Waals surface area contributed by atoms with Crippen LogP contribution in [0.3, 0.4) is 0 Å². The van der Waals surface area contributed by atoms with Gasteiger partial charge in [-0.1, -0.05) is 29.8 Å². The Hall–Kier alpha value is -3.28. The predicted octanol–water partition coefficient (Wildman–Crippen LogP) is 4.16. The fraction of sp³-hybridized carbons (Fsp3) is 0.200. The Kier molecular flexibility index (Phi) is 5.53. The average Bonchev–Trinajstić information content (AvgIpc) is 2.67. The summed E-state index contributed by atoms with van der Waals surface area (Å²) in [7, 11) is 3.24. The van der Waals surface area contributed by atoms with Crippen LogP contribution < -0.4 is 20.1 Å². The van der Waals surface area contributed by atoms with Gasteiger partial charge in [-0.3, -0.25) is 0 Å². The summed E-state index contributed by atoms with van der Waals surface area (Å²) in [5, 5.41) is 6.57. The third kappa shape index (κ3) is 4.42. The predicted molar refractivity (Wildman–Crippen MR) is 103 cm³/mol. The molecule has 0 atom stereocenters. The number of aryl methyl sites for hydroxylation is 1. The second-order valence-corrected chi connectivity index (χ2v) is 5.82. The molecule has 0 radical (unpaired) electrons. The van der Waals surface area contributed by atoms with E-state index in [0.717, 1.165) is 17.3 Å². The van der Waals surface area contributed by atoms with E-state index in [-0.39, 0.29) is 0 Å². The Morgan fingerprint density at radius 2 is 1.77 bits per heavy atom. The van der Waals surface area contributed by atoms with Crippen molar-refractivity contribution in [2.75, 3.05) is 24.9 Å². The van der Waals surface area contributed by atoms with E-state index in [1.807, 2.05) is 24.3 Å². The van der Waals surface area contributed by atoms with Gasteiger partial charge < -0.3 is 20.1 Å². The van der Waals surface area contributed by atoms with Crippen LogP contribution in [0, 0.1) is 6.92 Å². The van der Waals surface area contributed by atoms with Crippen LogP contribution in [0.5, 0.6) is 11.5 Å². The molecule has 134 valence electrons. The molecule has 0 aliphatic heterocycles. The molecule has 26 heavy (non-hydrogen) atoms. The molecule has 0 unspecified atom stereocenters. The number of hydrogen-bond donors (Lipinski definition) is 2. The minimum Gasteiger partial charge on any atom is -0.497 e. The lowest BCUT2D eigenvalue weighted by Crippen LogP contribution is -2.03. The van der Waals surface area contributed by atoms with Crippen molar-refractivity contribution in [1.82, 2.24) is 9.97 Å². The molecule has 6 nitrogen and oxygen atoms in total. The maximum atomic E-state index is 5.41. The number of hydrogen-bond acceptors (Lipinski definition) is 6. The number of methoxy groups -OCH3 is 2. The van der Waals surface area contributed by atoms with Crippen LogP contribution in [-0.2, 0) is 6.54 Å². The van der Waals surface area contributed by atoms with Gasteiger partial charge in [0.25, 0.3) is 0 Å². The minimum absolute atomic E-state index is 0.676. The molecule has 2 N–H and O–H groups in total. The molecule has 1 aromatic heterocycles. The van der Waals surface area contributed by atoms with E-state index >= 15 is 0 Å². The molecular formula is C20H22N4O2. The van der Waals surface area contributed by atoms with Crippen molar-refractivity contribution in [1.29, 1.82) is 0 Å². The molecule has 0 fully saturated rings. The van der Waals surface area contributed by atoms with Gasteiger partial charge in [-0.05, 0) is 24.6 Å². The first-order valence-corrected chi connectivity index (χ1v) is 8.28. The van der Waals surface area contributed by atoms with Gasteiger partial charge in [0.1, 0.15) is 29.5 Å². The molecule has 0 saturated carbocycles. The van der Waals surface area contributed by atoms with Gasteiger partial charge in [0, 0.05) is 18.7 Å². The summed E-state index contributed by atoms with van der Waals surface area (Å²) in [5.41, 5.74) is 3.24. The number of anilines is 3. The van der Waals surface area contributed by atoms with E-state index in [4.69, 9.17) is 9.47 Å². The summed E-state index contributed by atoms with van der Waals surface area (Å²) in [6.07, 6.45) is 1.52. The topological polar surface area (TPSA) is 68.3 Å². The van der Waals surface area contributed by atoms with E-state index in [9.17, 15) is 0 Å². The highest BCUT2D eigenvalue weighted by Gasteiger charge is 2.07. The van der Waals surface area contributed by atoms with Gasteiger partial charge >= 0.3 is 0 Å². The fourth-order valence-corrected chi connectivity index (χ4v) is 2.58. The molecule has 2 aromatic carbocycles. The van der Waals surface area contributed by atoms with Crippen LogP contribution in [0.25, 0.3) is 0 Å². The molecule has 0 bridgehead atoms. The van der Waals surface area contributed by atoms with E-state index < -0.39 is 0 Å². The van der Waals surface area contributed by atoms with E-state index in [2.05, 4.69) is 51.8 Å². The second-order valence-electron chi connectivity index (χ2n) is 5.82. The molecule has 3 rings (SSSR count). The van der Waals surface area contributed by atoms with E-state index in [1.165, 1.54) is 17.5 Å². The Labute approximate surface area is 153 Å². The van der Waals surface area contributed by atoms with Crippen molar-refractivity contribution in [2.24, 2.45) is 0 Å². The molecule has 1 heterocycles. The summed E-state index contributed by atoms with van der Waals surface area (Å²) < 4.78 is 10.6. The van der Waals surface area contributed by atoms with Crippen molar-refractivity contribution in [3.05, 3.63) is 66.0 Å². The van der Waals surface area contributed by atoms with Gasteiger partial charge in [0.2, 0.25) is 0 Å². The maximum Gasteiger partial charge on any atom is 0.146 e. The Bertz CT molecular complexity index is 883. The van der Waals surface area contributed by atoms with E-state index in [1.54, 1.807) is 14.2 Å². The van der Waals surface area contributed by atoms with Crippen LogP contribution in [0.2, 0.25) is 0 Å². The molecule has 0 aliphatic rings. The summed E-state index contributed by atoms with van der Waals surface area (Å²) in [6.45, 7) is 2.78. The van der Waals surface area contributed by atoms with Gasteiger partial charge in [-0.25, -0.2) is 9.97 Å². The van der Waals surface area contributed by atoms with Crippen LogP contribution in [0.15, 0.2) is 54.9 Å². The van der Waals surface area contributed by atoms with Crippen molar-refractivity contribution >= 4 is 17.3 Å². The standard InChI is InChI=1S/C20H22N4O2/c1-14-5-4-6-15(9-14)12-21-19-11-20(23-13-22-19)24-17-8-7-16(25-2)10-18(17)26-3/h4-11,13H,12H2,1-3H3,(H2,21,22,23,24). The number of nitrogens with zero attached hydrogens (tertiary/aromatic N) is 2. The quantitative estimate of drug-likeness (QED) is 0.667. The normalized spacial score (nSPS) is 10.3. The highest BCUT2D eigenvalue weighted by Crippen LogP contribution is 2.31. The highest BCUT2D eigenvalue weighted by molar-refractivity contribution is 5.66. The molecule has 0 amide bonds. The lowest BCUT2D eigenvalue weighted by atomic mass is 10.1. The summed E-state index contributed by atoms with van der Waals surface area (Å²) in [6, 6.07) is 15.8.